The number of halogens is 2. The van der Waals surface area contributed by atoms with E-state index in [2.05, 4.69) is 35.9 Å². The molecule has 0 unspecified atom stereocenters. The molecule has 0 saturated heterocycles. The van der Waals surface area contributed by atoms with Gasteiger partial charge in [0.2, 0.25) is 15.3 Å². The van der Waals surface area contributed by atoms with E-state index in [1.165, 1.54) is 6.20 Å². The van der Waals surface area contributed by atoms with Gasteiger partial charge in [-0.15, -0.1) is 0 Å². The van der Waals surface area contributed by atoms with Crippen LogP contribution in [0.1, 0.15) is 5.56 Å². The van der Waals surface area contributed by atoms with Crippen LogP contribution in [0.4, 0.5) is 17.2 Å². The van der Waals surface area contributed by atoms with Gasteiger partial charge in [0, 0.05) is 6.20 Å². The van der Waals surface area contributed by atoms with Crippen molar-refractivity contribution >= 4 is 54.7 Å². The maximum atomic E-state index is 11.6. The van der Waals surface area contributed by atoms with Crippen molar-refractivity contribution in [2.75, 3.05) is 10.0 Å². The number of sulfonamides is 1. The Kier molecular flexibility index (Phi) is 3.31. The van der Waals surface area contributed by atoms with Crippen LogP contribution in [0.3, 0.4) is 0 Å². The van der Waals surface area contributed by atoms with Crippen molar-refractivity contribution < 1.29 is 8.42 Å². The zero-order chi connectivity index (χ0) is 14.3. The topological polar surface area (TPSA) is 84.0 Å². The molecule has 0 radical (unpaired) electrons. The molecule has 0 amide bonds. The summed E-state index contributed by atoms with van der Waals surface area (Å²) in [5, 5.41) is 3.14. The van der Waals surface area contributed by atoms with E-state index in [1.54, 1.807) is 18.2 Å². The molecule has 2 N–H and O–H groups in total. The molecule has 1 aliphatic heterocycles. The summed E-state index contributed by atoms with van der Waals surface area (Å²) >= 11 is 9.06. The fourth-order valence-electron chi connectivity index (χ4n) is 1.90. The molecule has 1 aromatic heterocycles. The monoisotopic (exact) mass is 374 g/mol. The summed E-state index contributed by atoms with van der Waals surface area (Å²) < 4.78 is 26.4. The lowest BCUT2D eigenvalue weighted by atomic mass is 10.2. The van der Waals surface area contributed by atoms with Gasteiger partial charge in [0.05, 0.1) is 21.6 Å². The molecule has 0 atom stereocenters. The SMILES string of the molecule is O=S1(=O)Cc2cccc(Nc3nc(Cl)ncc3Br)c2N1. The summed E-state index contributed by atoms with van der Waals surface area (Å²) in [5.74, 6) is 0.438. The summed E-state index contributed by atoms with van der Waals surface area (Å²) in [7, 11) is -3.30. The Morgan fingerprint density at radius 2 is 2.20 bits per heavy atom. The number of rotatable bonds is 2. The molecule has 0 saturated carbocycles. The fourth-order valence-corrected chi connectivity index (χ4v) is 3.60. The van der Waals surface area contributed by atoms with E-state index in [-0.39, 0.29) is 11.0 Å². The highest BCUT2D eigenvalue weighted by atomic mass is 79.9. The first-order chi connectivity index (χ1) is 9.44. The van der Waals surface area contributed by atoms with Crippen molar-refractivity contribution in [3.63, 3.8) is 0 Å². The molecule has 20 heavy (non-hydrogen) atoms. The Morgan fingerprint density at radius 3 is 3.00 bits per heavy atom. The summed E-state index contributed by atoms with van der Waals surface area (Å²) in [5.41, 5.74) is 1.86. The van der Waals surface area contributed by atoms with Crippen LogP contribution in [0.5, 0.6) is 0 Å². The second-order valence-corrected chi connectivity index (χ2v) is 7.08. The lowest BCUT2D eigenvalue weighted by molar-refractivity contribution is 0.602. The predicted octanol–water partition coefficient (Wildman–Crippen LogP) is 2.89. The summed E-state index contributed by atoms with van der Waals surface area (Å²) in [4.78, 5) is 7.88. The van der Waals surface area contributed by atoms with Gasteiger partial charge in [0.1, 0.15) is 5.82 Å². The third-order valence-electron chi connectivity index (χ3n) is 2.72. The molecule has 1 aromatic carbocycles. The molecule has 9 heteroatoms. The van der Waals surface area contributed by atoms with Crippen molar-refractivity contribution in [2.45, 2.75) is 5.75 Å². The number of para-hydroxylation sites is 1. The van der Waals surface area contributed by atoms with Gasteiger partial charge in [-0.05, 0) is 39.2 Å². The first-order valence-electron chi connectivity index (χ1n) is 5.52. The van der Waals surface area contributed by atoms with Gasteiger partial charge in [-0.25, -0.2) is 13.4 Å². The van der Waals surface area contributed by atoms with Crippen LogP contribution in [-0.2, 0) is 15.8 Å². The molecule has 6 nitrogen and oxygen atoms in total. The van der Waals surface area contributed by atoms with E-state index < -0.39 is 10.0 Å². The van der Waals surface area contributed by atoms with Gasteiger partial charge in [0.25, 0.3) is 0 Å². The zero-order valence-electron chi connectivity index (χ0n) is 9.89. The number of aromatic nitrogens is 2. The van der Waals surface area contributed by atoms with Crippen LogP contribution in [0.25, 0.3) is 0 Å². The van der Waals surface area contributed by atoms with E-state index in [1.807, 2.05) is 0 Å². The Balaban J connectivity index is 2.02. The predicted molar refractivity (Wildman–Crippen MR) is 80.7 cm³/mol. The number of fused-ring (bicyclic) bond motifs is 1. The molecule has 0 fully saturated rings. The lowest BCUT2D eigenvalue weighted by Gasteiger charge is -2.11. The van der Waals surface area contributed by atoms with Gasteiger partial charge in [0.15, 0.2) is 0 Å². The van der Waals surface area contributed by atoms with Gasteiger partial charge in [-0.2, -0.15) is 4.98 Å². The summed E-state index contributed by atoms with van der Waals surface area (Å²) in [6.07, 6.45) is 1.52. The largest absolute Gasteiger partial charge is 0.337 e. The van der Waals surface area contributed by atoms with Crippen LogP contribution in [0, 0.1) is 0 Å². The van der Waals surface area contributed by atoms with E-state index in [0.29, 0.717) is 27.2 Å². The smallest absolute Gasteiger partial charge is 0.237 e. The van der Waals surface area contributed by atoms with Gasteiger partial charge >= 0.3 is 0 Å². The molecule has 0 bridgehead atoms. The van der Waals surface area contributed by atoms with Gasteiger partial charge in [-0.3, -0.25) is 4.72 Å². The highest BCUT2D eigenvalue weighted by Gasteiger charge is 2.26. The minimum absolute atomic E-state index is 0.0243. The van der Waals surface area contributed by atoms with Crippen molar-refractivity contribution in [3.8, 4) is 0 Å². The first kappa shape index (κ1) is 13.6. The Hall–Kier alpha value is -1.38. The number of nitrogens with zero attached hydrogens (tertiary/aromatic N) is 2. The van der Waals surface area contributed by atoms with E-state index in [4.69, 9.17) is 11.6 Å². The highest BCUT2D eigenvalue weighted by Crippen LogP contribution is 2.36. The maximum absolute atomic E-state index is 11.6. The van der Waals surface area contributed by atoms with Crippen molar-refractivity contribution in [1.82, 2.24) is 9.97 Å². The van der Waals surface area contributed by atoms with E-state index in [9.17, 15) is 8.42 Å². The molecule has 0 aliphatic carbocycles. The van der Waals surface area contributed by atoms with Crippen molar-refractivity contribution in [2.24, 2.45) is 0 Å². The van der Waals surface area contributed by atoms with E-state index >= 15 is 0 Å². The molecular weight excluding hydrogens is 368 g/mol. The average Bonchev–Trinajstić information content (AvgIpc) is 2.69. The Bertz CT molecular complexity index is 797. The number of benzene rings is 1. The second kappa shape index (κ2) is 4.87. The van der Waals surface area contributed by atoms with Crippen molar-refractivity contribution in [1.29, 1.82) is 0 Å². The number of hydrogen-bond acceptors (Lipinski definition) is 5. The Morgan fingerprint density at radius 1 is 1.40 bits per heavy atom. The van der Waals surface area contributed by atoms with Crippen LogP contribution in [0.15, 0.2) is 28.9 Å². The molecule has 2 heterocycles. The van der Waals surface area contributed by atoms with Crippen LogP contribution in [-0.4, -0.2) is 18.4 Å². The first-order valence-corrected chi connectivity index (χ1v) is 8.34. The zero-order valence-corrected chi connectivity index (χ0v) is 13.1. The number of hydrogen-bond donors (Lipinski definition) is 2. The fraction of sp³-hybridized carbons (Fsp3) is 0.0909. The van der Waals surface area contributed by atoms with E-state index in [0.717, 1.165) is 0 Å². The standard InChI is InChI=1S/C11H8BrClN4O2S/c12-7-4-14-11(13)16-10(7)15-8-3-1-2-6-5-20(18,19)17-9(6)8/h1-4,17H,5H2,(H,14,15,16). The average molecular weight is 376 g/mol. The third kappa shape index (κ3) is 2.58. The van der Waals surface area contributed by atoms with Crippen molar-refractivity contribution in [3.05, 3.63) is 39.7 Å². The Labute approximate surface area is 128 Å². The maximum Gasteiger partial charge on any atom is 0.237 e. The molecular formula is C11H8BrClN4O2S. The quantitative estimate of drug-likeness (QED) is 0.789. The highest BCUT2D eigenvalue weighted by molar-refractivity contribution is 9.10. The molecule has 2 aromatic rings. The molecule has 1 aliphatic rings. The summed E-state index contributed by atoms with van der Waals surface area (Å²) in [6.45, 7) is 0. The minimum Gasteiger partial charge on any atom is -0.337 e. The number of nitrogens with one attached hydrogen (secondary N) is 2. The summed E-state index contributed by atoms with van der Waals surface area (Å²) in [6, 6.07) is 5.30. The van der Waals surface area contributed by atoms with Crippen LogP contribution >= 0.6 is 27.5 Å². The van der Waals surface area contributed by atoms with Crippen LogP contribution in [0.2, 0.25) is 5.28 Å². The minimum atomic E-state index is -3.30. The number of anilines is 3. The molecule has 0 spiro atoms. The third-order valence-corrected chi connectivity index (χ3v) is 4.69. The molecule has 104 valence electrons. The van der Waals surface area contributed by atoms with Gasteiger partial charge in [-0.1, -0.05) is 12.1 Å². The second-order valence-electron chi connectivity index (χ2n) is 4.16. The normalized spacial score (nSPS) is 15.5. The van der Waals surface area contributed by atoms with Crippen LogP contribution < -0.4 is 10.0 Å². The van der Waals surface area contributed by atoms with Gasteiger partial charge < -0.3 is 5.32 Å². The lowest BCUT2D eigenvalue weighted by Crippen LogP contribution is -2.06. The molecule has 3 rings (SSSR count).